The Morgan fingerprint density at radius 3 is 2.94 bits per heavy atom. The van der Waals surface area contributed by atoms with Crippen LogP contribution < -0.4 is 10.6 Å². The van der Waals surface area contributed by atoms with Gasteiger partial charge in [0.15, 0.2) is 0 Å². The molecule has 0 aliphatic carbocycles. The zero-order valence-corrected chi connectivity index (χ0v) is 10.1. The van der Waals surface area contributed by atoms with Crippen LogP contribution >= 0.6 is 0 Å². The van der Waals surface area contributed by atoms with Crippen molar-refractivity contribution in [2.75, 3.05) is 18.0 Å². The molecular weight excluding hydrogens is 200 g/mol. The van der Waals surface area contributed by atoms with Crippen molar-refractivity contribution in [3.63, 3.8) is 0 Å². The molecule has 16 heavy (non-hydrogen) atoms. The van der Waals surface area contributed by atoms with Crippen LogP contribution in [0.1, 0.15) is 30.5 Å². The molecule has 2 heterocycles. The Labute approximate surface area is 96.9 Å². The Morgan fingerprint density at radius 2 is 2.19 bits per heavy atom. The minimum Gasteiger partial charge on any atom is -0.352 e. The van der Waals surface area contributed by atoms with E-state index >= 15 is 0 Å². The zero-order chi connectivity index (χ0) is 11.5. The highest BCUT2D eigenvalue weighted by Gasteiger charge is 2.23. The van der Waals surface area contributed by atoms with Crippen LogP contribution in [0.5, 0.6) is 0 Å². The third kappa shape index (κ3) is 2.02. The fourth-order valence-corrected chi connectivity index (χ4v) is 2.34. The van der Waals surface area contributed by atoms with Gasteiger partial charge in [0, 0.05) is 30.4 Å². The molecule has 0 bridgehead atoms. The molecular formula is C12H20N4. The normalized spacial score (nSPS) is 21.2. The van der Waals surface area contributed by atoms with Crippen LogP contribution in [-0.2, 0) is 0 Å². The van der Waals surface area contributed by atoms with Gasteiger partial charge in [0.1, 0.15) is 12.1 Å². The molecule has 0 spiro atoms. The van der Waals surface area contributed by atoms with Crippen LogP contribution in [0, 0.1) is 13.8 Å². The van der Waals surface area contributed by atoms with Crippen LogP contribution in [0.25, 0.3) is 0 Å². The van der Waals surface area contributed by atoms with E-state index in [1.807, 2.05) is 6.92 Å². The smallest absolute Gasteiger partial charge is 0.135 e. The van der Waals surface area contributed by atoms with E-state index < -0.39 is 0 Å². The molecule has 0 aromatic carbocycles. The summed E-state index contributed by atoms with van der Waals surface area (Å²) in [5.41, 5.74) is 8.08. The molecule has 0 saturated carbocycles. The summed E-state index contributed by atoms with van der Waals surface area (Å²) >= 11 is 0. The van der Waals surface area contributed by atoms with E-state index in [1.165, 1.54) is 24.8 Å². The second-order valence-corrected chi connectivity index (χ2v) is 4.49. The first kappa shape index (κ1) is 11.3. The third-order valence-corrected chi connectivity index (χ3v) is 3.48. The molecule has 88 valence electrons. The third-order valence-electron chi connectivity index (χ3n) is 3.48. The maximum absolute atomic E-state index is 5.83. The standard InChI is InChI=1S/C12H20N4/c1-9-10(2)14-8-15-12(9)16-6-4-3-5-11(16)7-13/h8,11H,3-7,13H2,1-2H3. The topological polar surface area (TPSA) is 55.0 Å². The average Bonchev–Trinajstić information content (AvgIpc) is 2.33. The van der Waals surface area contributed by atoms with Crippen molar-refractivity contribution in [3.05, 3.63) is 17.6 Å². The minimum absolute atomic E-state index is 0.446. The van der Waals surface area contributed by atoms with Gasteiger partial charge in [0.2, 0.25) is 0 Å². The molecule has 1 aliphatic heterocycles. The van der Waals surface area contributed by atoms with Crippen LogP contribution in [-0.4, -0.2) is 29.1 Å². The molecule has 1 fully saturated rings. The first-order valence-corrected chi connectivity index (χ1v) is 5.99. The first-order chi connectivity index (χ1) is 7.74. The Balaban J connectivity index is 2.30. The predicted molar refractivity (Wildman–Crippen MR) is 65.5 cm³/mol. The summed E-state index contributed by atoms with van der Waals surface area (Å²) in [7, 11) is 0. The summed E-state index contributed by atoms with van der Waals surface area (Å²) in [6.45, 7) is 5.90. The van der Waals surface area contributed by atoms with Gasteiger partial charge in [-0.2, -0.15) is 0 Å². The van der Waals surface area contributed by atoms with Crippen molar-refractivity contribution < 1.29 is 0 Å². The number of aryl methyl sites for hydroxylation is 1. The number of nitrogens with zero attached hydrogens (tertiary/aromatic N) is 3. The number of aromatic nitrogens is 2. The van der Waals surface area contributed by atoms with Gasteiger partial charge in [-0.1, -0.05) is 0 Å². The van der Waals surface area contributed by atoms with Crippen LogP contribution in [0.2, 0.25) is 0 Å². The Kier molecular flexibility index (Phi) is 3.39. The molecule has 0 radical (unpaired) electrons. The Morgan fingerprint density at radius 1 is 1.38 bits per heavy atom. The molecule has 1 saturated heterocycles. The summed E-state index contributed by atoms with van der Waals surface area (Å²) in [5, 5.41) is 0. The number of anilines is 1. The molecule has 4 nitrogen and oxygen atoms in total. The molecule has 1 atom stereocenters. The van der Waals surface area contributed by atoms with E-state index in [9.17, 15) is 0 Å². The largest absolute Gasteiger partial charge is 0.352 e. The number of hydrogen-bond donors (Lipinski definition) is 1. The maximum atomic E-state index is 5.83. The van der Waals surface area contributed by atoms with Crippen LogP contribution in [0.4, 0.5) is 5.82 Å². The quantitative estimate of drug-likeness (QED) is 0.818. The highest BCUT2D eigenvalue weighted by atomic mass is 15.2. The van der Waals surface area contributed by atoms with Gasteiger partial charge >= 0.3 is 0 Å². The van der Waals surface area contributed by atoms with E-state index in [2.05, 4.69) is 21.8 Å². The van der Waals surface area contributed by atoms with Gasteiger partial charge in [-0.05, 0) is 33.1 Å². The van der Waals surface area contributed by atoms with Crippen molar-refractivity contribution in [1.82, 2.24) is 9.97 Å². The molecule has 1 unspecified atom stereocenters. The van der Waals surface area contributed by atoms with Crippen molar-refractivity contribution in [3.8, 4) is 0 Å². The minimum atomic E-state index is 0.446. The zero-order valence-electron chi connectivity index (χ0n) is 10.1. The molecule has 1 aromatic heterocycles. The van der Waals surface area contributed by atoms with E-state index in [4.69, 9.17) is 5.73 Å². The molecule has 1 aliphatic rings. The molecule has 0 amide bonds. The first-order valence-electron chi connectivity index (χ1n) is 5.99. The number of piperidine rings is 1. The second kappa shape index (κ2) is 4.78. The second-order valence-electron chi connectivity index (χ2n) is 4.49. The lowest BCUT2D eigenvalue weighted by Crippen LogP contribution is -2.45. The van der Waals surface area contributed by atoms with Crippen molar-refractivity contribution in [2.24, 2.45) is 5.73 Å². The monoisotopic (exact) mass is 220 g/mol. The van der Waals surface area contributed by atoms with Crippen molar-refractivity contribution in [1.29, 1.82) is 0 Å². The molecule has 2 rings (SSSR count). The van der Waals surface area contributed by atoms with Gasteiger partial charge in [0.05, 0.1) is 0 Å². The fraction of sp³-hybridized carbons (Fsp3) is 0.667. The van der Waals surface area contributed by atoms with Gasteiger partial charge in [-0.3, -0.25) is 0 Å². The highest BCUT2D eigenvalue weighted by Crippen LogP contribution is 2.25. The summed E-state index contributed by atoms with van der Waals surface area (Å²) in [6, 6.07) is 0.446. The summed E-state index contributed by atoms with van der Waals surface area (Å²) < 4.78 is 0. The lowest BCUT2D eigenvalue weighted by Gasteiger charge is -2.36. The highest BCUT2D eigenvalue weighted by molar-refractivity contribution is 5.48. The van der Waals surface area contributed by atoms with Gasteiger partial charge in [-0.25, -0.2) is 9.97 Å². The van der Waals surface area contributed by atoms with Gasteiger partial charge < -0.3 is 10.6 Å². The predicted octanol–water partition coefficient (Wildman–Crippen LogP) is 1.41. The van der Waals surface area contributed by atoms with Gasteiger partial charge in [-0.15, -0.1) is 0 Å². The summed E-state index contributed by atoms with van der Waals surface area (Å²) in [4.78, 5) is 11.0. The van der Waals surface area contributed by atoms with E-state index in [0.717, 1.165) is 18.1 Å². The van der Waals surface area contributed by atoms with Crippen molar-refractivity contribution in [2.45, 2.75) is 39.2 Å². The van der Waals surface area contributed by atoms with E-state index in [0.29, 0.717) is 12.6 Å². The lowest BCUT2D eigenvalue weighted by atomic mass is 10.0. The van der Waals surface area contributed by atoms with Crippen molar-refractivity contribution >= 4 is 5.82 Å². The van der Waals surface area contributed by atoms with Gasteiger partial charge in [0.25, 0.3) is 0 Å². The van der Waals surface area contributed by atoms with Crippen LogP contribution in [0.3, 0.4) is 0 Å². The number of nitrogens with two attached hydrogens (primary N) is 1. The fourth-order valence-electron chi connectivity index (χ4n) is 2.34. The Hall–Kier alpha value is -1.16. The Bertz CT molecular complexity index is 364. The molecule has 1 aromatic rings. The van der Waals surface area contributed by atoms with E-state index in [-0.39, 0.29) is 0 Å². The average molecular weight is 220 g/mol. The van der Waals surface area contributed by atoms with E-state index in [1.54, 1.807) is 6.33 Å². The summed E-state index contributed by atoms with van der Waals surface area (Å²) in [6.07, 6.45) is 5.35. The lowest BCUT2D eigenvalue weighted by molar-refractivity contribution is 0.461. The number of hydrogen-bond acceptors (Lipinski definition) is 4. The molecule has 2 N–H and O–H groups in total. The van der Waals surface area contributed by atoms with Crippen LogP contribution in [0.15, 0.2) is 6.33 Å². The maximum Gasteiger partial charge on any atom is 0.135 e. The SMILES string of the molecule is Cc1ncnc(N2CCCCC2CN)c1C. The number of rotatable bonds is 2. The molecule has 4 heteroatoms. The summed E-state index contributed by atoms with van der Waals surface area (Å²) in [5.74, 6) is 1.07.